The molecular formula is C8H15IN2. The first kappa shape index (κ1) is 8.26. The van der Waals surface area contributed by atoms with E-state index in [4.69, 9.17) is 0 Å². The molecule has 0 bridgehead atoms. The van der Waals surface area contributed by atoms with Crippen LogP contribution < -0.4 is 0 Å². The van der Waals surface area contributed by atoms with Gasteiger partial charge in [-0.15, -0.1) is 0 Å². The second-order valence-corrected chi connectivity index (χ2v) is 5.45. The van der Waals surface area contributed by atoms with Crippen molar-refractivity contribution in [3.63, 3.8) is 0 Å². The lowest BCUT2D eigenvalue weighted by Gasteiger charge is -2.52. The van der Waals surface area contributed by atoms with Crippen molar-refractivity contribution in [1.29, 1.82) is 0 Å². The molecule has 0 saturated carbocycles. The lowest BCUT2D eigenvalue weighted by Crippen LogP contribution is -2.57. The van der Waals surface area contributed by atoms with Crippen LogP contribution in [0.3, 0.4) is 0 Å². The molecule has 0 aromatic rings. The van der Waals surface area contributed by atoms with Crippen molar-refractivity contribution in [2.24, 2.45) is 5.41 Å². The van der Waals surface area contributed by atoms with Gasteiger partial charge in [-0.3, -0.25) is 0 Å². The third-order valence-electron chi connectivity index (χ3n) is 2.98. The Bertz CT molecular complexity index is 144. The van der Waals surface area contributed by atoms with Gasteiger partial charge in [0, 0.05) is 49.0 Å². The number of hydrogen-bond acceptors (Lipinski definition) is 2. The molecule has 2 saturated heterocycles. The van der Waals surface area contributed by atoms with Gasteiger partial charge in [0.25, 0.3) is 0 Å². The van der Waals surface area contributed by atoms with Gasteiger partial charge in [-0.25, -0.2) is 3.11 Å². The van der Waals surface area contributed by atoms with Crippen LogP contribution in [0.15, 0.2) is 0 Å². The Kier molecular flexibility index (Phi) is 2.14. The monoisotopic (exact) mass is 266 g/mol. The summed E-state index contributed by atoms with van der Waals surface area (Å²) in [6.45, 7) is 5.29. The first-order valence-corrected chi connectivity index (χ1v) is 5.26. The molecule has 2 aliphatic rings. The summed E-state index contributed by atoms with van der Waals surface area (Å²) >= 11 is 2.44. The highest BCUT2D eigenvalue weighted by Crippen LogP contribution is 2.39. The van der Waals surface area contributed by atoms with Gasteiger partial charge in [0.15, 0.2) is 0 Å². The fraction of sp³-hybridized carbons (Fsp3) is 1.00. The van der Waals surface area contributed by atoms with E-state index in [0.29, 0.717) is 0 Å². The fourth-order valence-corrected chi connectivity index (χ4v) is 2.85. The minimum atomic E-state index is 0.733. The zero-order valence-electron chi connectivity index (χ0n) is 7.02. The molecule has 2 nitrogen and oxygen atoms in total. The highest BCUT2D eigenvalue weighted by Gasteiger charge is 2.42. The molecule has 1 spiro atoms. The van der Waals surface area contributed by atoms with Gasteiger partial charge in [-0.1, -0.05) is 0 Å². The maximum Gasteiger partial charge on any atom is 0.0201 e. The Morgan fingerprint density at radius 1 is 1.18 bits per heavy atom. The molecule has 2 rings (SSSR count). The third kappa shape index (κ3) is 1.55. The number of likely N-dealkylation sites (tertiary alicyclic amines) is 1. The molecule has 2 fully saturated rings. The van der Waals surface area contributed by atoms with Crippen LogP contribution >= 0.6 is 22.9 Å². The second kappa shape index (κ2) is 2.85. The minimum absolute atomic E-state index is 0.733. The highest BCUT2D eigenvalue weighted by molar-refractivity contribution is 14.1. The van der Waals surface area contributed by atoms with Crippen LogP contribution in [-0.4, -0.2) is 41.2 Å². The highest BCUT2D eigenvalue weighted by atomic mass is 127. The number of rotatable bonds is 0. The van der Waals surface area contributed by atoms with Crippen LogP contribution in [0.1, 0.15) is 12.8 Å². The Balaban J connectivity index is 1.88. The molecule has 0 radical (unpaired) electrons. The van der Waals surface area contributed by atoms with E-state index < -0.39 is 0 Å². The van der Waals surface area contributed by atoms with E-state index in [1.54, 1.807) is 0 Å². The van der Waals surface area contributed by atoms with E-state index in [9.17, 15) is 0 Å². The quantitative estimate of drug-likeness (QED) is 0.482. The molecule has 0 N–H and O–H groups in total. The Labute approximate surface area is 82.4 Å². The van der Waals surface area contributed by atoms with E-state index in [1.165, 1.54) is 39.0 Å². The van der Waals surface area contributed by atoms with E-state index in [0.717, 1.165) is 5.41 Å². The van der Waals surface area contributed by atoms with Crippen LogP contribution in [-0.2, 0) is 0 Å². The molecular weight excluding hydrogens is 251 g/mol. The van der Waals surface area contributed by atoms with Crippen LogP contribution in [0, 0.1) is 5.41 Å². The zero-order chi connectivity index (χ0) is 7.90. The molecule has 0 aliphatic carbocycles. The van der Waals surface area contributed by atoms with E-state index >= 15 is 0 Å². The molecule has 0 atom stereocenters. The van der Waals surface area contributed by atoms with E-state index in [-0.39, 0.29) is 0 Å². The van der Waals surface area contributed by atoms with Crippen LogP contribution in [0.4, 0.5) is 0 Å². The number of piperidine rings is 1. The molecule has 64 valence electrons. The van der Waals surface area contributed by atoms with Crippen LogP contribution in [0.5, 0.6) is 0 Å². The van der Waals surface area contributed by atoms with Gasteiger partial charge < -0.3 is 4.90 Å². The van der Waals surface area contributed by atoms with Crippen molar-refractivity contribution in [2.75, 3.05) is 33.2 Å². The topological polar surface area (TPSA) is 6.48 Å². The van der Waals surface area contributed by atoms with Crippen LogP contribution in [0.2, 0.25) is 0 Å². The predicted octanol–water partition coefficient (Wildman–Crippen LogP) is 1.36. The van der Waals surface area contributed by atoms with Gasteiger partial charge in [0.1, 0.15) is 0 Å². The molecule has 0 aromatic heterocycles. The summed E-state index contributed by atoms with van der Waals surface area (Å²) in [5, 5.41) is 0. The fourth-order valence-electron chi connectivity index (χ4n) is 2.37. The zero-order valence-corrected chi connectivity index (χ0v) is 9.17. The standard InChI is InChI=1S/C8H15IN2/c1-10-6-8(7-10)2-4-11(9)5-3-8/h2-7H2,1H3. The Morgan fingerprint density at radius 2 is 1.73 bits per heavy atom. The summed E-state index contributed by atoms with van der Waals surface area (Å²) in [4.78, 5) is 2.43. The molecule has 0 unspecified atom stereocenters. The second-order valence-electron chi connectivity index (χ2n) is 4.08. The van der Waals surface area contributed by atoms with Gasteiger partial charge in [0.05, 0.1) is 0 Å². The normalized spacial score (nSPS) is 32.2. The summed E-state index contributed by atoms with van der Waals surface area (Å²) < 4.78 is 2.42. The lowest BCUT2D eigenvalue weighted by molar-refractivity contribution is -0.0133. The smallest absolute Gasteiger partial charge is 0.0201 e. The Hall–Kier alpha value is 0.650. The van der Waals surface area contributed by atoms with Crippen LogP contribution in [0.25, 0.3) is 0 Å². The van der Waals surface area contributed by atoms with Crippen molar-refractivity contribution in [1.82, 2.24) is 8.01 Å². The predicted molar refractivity (Wildman–Crippen MR) is 54.8 cm³/mol. The molecule has 11 heavy (non-hydrogen) atoms. The van der Waals surface area contributed by atoms with Crippen molar-refractivity contribution in [2.45, 2.75) is 12.8 Å². The van der Waals surface area contributed by atoms with Gasteiger partial charge >= 0.3 is 0 Å². The summed E-state index contributed by atoms with van der Waals surface area (Å²) in [7, 11) is 2.22. The van der Waals surface area contributed by atoms with E-state index in [1.807, 2.05) is 0 Å². The van der Waals surface area contributed by atoms with Gasteiger partial charge in [-0.2, -0.15) is 0 Å². The Morgan fingerprint density at radius 3 is 2.18 bits per heavy atom. The molecule has 0 aromatic carbocycles. The van der Waals surface area contributed by atoms with Gasteiger partial charge in [-0.05, 0) is 25.3 Å². The largest absolute Gasteiger partial charge is 0.305 e. The third-order valence-corrected chi connectivity index (χ3v) is 3.95. The lowest BCUT2D eigenvalue weighted by atomic mass is 9.73. The molecule has 3 heteroatoms. The van der Waals surface area contributed by atoms with Gasteiger partial charge in [0.2, 0.25) is 0 Å². The maximum absolute atomic E-state index is 2.44. The average molecular weight is 266 g/mol. The van der Waals surface area contributed by atoms with Crippen molar-refractivity contribution in [3.05, 3.63) is 0 Å². The minimum Gasteiger partial charge on any atom is -0.305 e. The molecule has 0 amide bonds. The first-order chi connectivity index (χ1) is 5.20. The first-order valence-electron chi connectivity index (χ1n) is 4.30. The summed E-state index contributed by atoms with van der Waals surface area (Å²) in [6, 6.07) is 0. The molecule has 2 heterocycles. The van der Waals surface area contributed by atoms with Crippen molar-refractivity contribution in [3.8, 4) is 0 Å². The maximum atomic E-state index is 2.44. The number of hydrogen-bond donors (Lipinski definition) is 0. The summed E-state index contributed by atoms with van der Waals surface area (Å²) in [5.41, 5.74) is 0.733. The average Bonchev–Trinajstić information content (AvgIpc) is 1.92. The SMILES string of the molecule is CN1CC2(CCN(I)CC2)C1. The number of nitrogens with zero attached hydrogens (tertiary/aromatic N) is 2. The molecule has 2 aliphatic heterocycles. The van der Waals surface area contributed by atoms with E-state index in [2.05, 4.69) is 37.9 Å². The van der Waals surface area contributed by atoms with Crippen molar-refractivity contribution >= 4 is 22.9 Å². The van der Waals surface area contributed by atoms with Crippen molar-refractivity contribution < 1.29 is 0 Å². The summed E-state index contributed by atoms with van der Waals surface area (Å²) in [5.74, 6) is 0. The number of halogens is 1. The summed E-state index contributed by atoms with van der Waals surface area (Å²) in [6.07, 6.45) is 2.83.